The van der Waals surface area contributed by atoms with Crippen LogP contribution in [0.15, 0.2) is 24.3 Å². The van der Waals surface area contributed by atoms with Crippen molar-refractivity contribution in [1.29, 1.82) is 0 Å². The number of amides is 3. The number of nitrogens with one attached hydrogen (secondary N) is 2. The molecule has 2 N–H and O–H groups in total. The van der Waals surface area contributed by atoms with E-state index < -0.39 is 0 Å². The van der Waals surface area contributed by atoms with E-state index in [2.05, 4.69) is 16.7 Å². The largest absolute Gasteiger partial charge is 0.497 e. The van der Waals surface area contributed by atoms with Crippen molar-refractivity contribution in [3.05, 3.63) is 29.8 Å². The van der Waals surface area contributed by atoms with Crippen LogP contribution >= 0.6 is 0 Å². The highest BCUT2D eigenvalue weighted by Gasteiger charge is 2.29. The van der Waals surface area contributed by atoms with E-state index in [0.29, 0.717) is 25.4 Å². The van der Waals surface area contributed by atoms with Gasteiger partial charge in [-0.1, -0.05) is 31.4 Å². The molecule has 0 aromatic heterocycles. The van der Waals surface area contributed by atoms with Crippen LogP contribution in [0.4, 0.5) is 4.79 Å². The first-order valence-corrected chi connectivity index (χ1v) is 10.6. The average molecular weight is 388 g/mol. The molecule has 1 aliphatic heterocycles. The summed E-state index contributed by atoms with van der Waals surface area (Å²) in [4.78, 5) is 26.7. The molecular formula is C22H33N3O3. The van der Waals surface area contributed by atoms with E-state index in [-0.39, 0.29) is 18.0 Å². The van der Waals surface area contributed by atoms with Gasteiger partial charge in [-0.05, 0) is 49.8 Å². The molecule has 0 spiro atoms. The third-order valence-electron chi connectivity index (χ3n) is 5.85. The maximum absolute atomic E-state index is 12.7. The fourth-order valence-electron chi connectivity index (χ4n) is 4.33. The molecular weight excluding hydrogens is 354 g/mol. The minimum atomic E-state index is -0.102. The molecule has 6 nitrogen and oxygen atoms in total. The van der Waals surface area contributed by atoms with Gasteiger partial charge in [0.2, 0.25) is 5.91 Å². The van der Waals surface area contributed by atoms with Crippen LogP contribution in [0.2, 0.25) is 0 Å². The molecule has 0 radical (unpaired) electrons. The number of hydrogen-bond acceptors (Lipinski definition) is 3. The summed E-state index contributed by atoms with van der Waals surface area (Å²) in [6.07, 6.45) is 8.96. The Morgan fingerprint density at radius 1 is 1.14 bits per heavy atom. The lowest BCUT2D eigenvalue weighted by molar-refractivity contribution is -0.132. The fraction of sp³-hybridized carbons (Fsp3) is 0.636. The molecule has 1 saturated carbocycles. The van der Waals surface area contributed by atoms with Crippen molar-refractivity contribution in [1.82, 2.24) is 15.5 Å². The van der Waals surface area contributed by atoms with E-state index in [9.17, 15) is 9.59 Å². The number of hydrogen-bond donors (Lipinski definition) is 2. The second-order valence-electron chi connectivity index (χ2n) is 7.86. The van der Waals surface area contributed by atoms with Crippen LogP contribution in [0.3, 0.4) is 0 Å². The van der Waals surface area contributed by atoms with E-state index in [0.717, 1.165) is 43.5 Å². The van der Waals surface area contributed by atoms with Crippen molar-refractivity contribution >= 4 is 11.9 Å². The molecule has 6 heteroatoms. The Kier molecular flexibility index (Phi) is 7.57. The summed E-state index contributed by atoms with van der Waals surface area (Å²) in [7, 11) is 1.66. The third kappa shape index (κ3) is 5.63. The van der Waals surface area contributed by atoms with Crippen LogP contribution in [0.5, 0.6) is 5.75 Å². The Morgan fingerprint density at radius 3 is 2.75 bits per heavy atom. The van der Waals surface area contributed by atoms with Gasteiger partial charge in [0.25, 0.3) is 0 Å². The number of urea groups is 1. The Morgan fingerprint density at radius 2 is 1.96 bits per heavy atom. The minimum absolute atomic E-state index is 0.102. The topological polar surface area (TPSA) is 70.7 Å². The summed E-state index contributed by atoms with van der Waals surface area (Å²) in [6.45, 7) is 1.33. The zero-order valence-electron chi connectivity index (χ0n) is 16.9. The van der Waals surface area contributed by atoms with Gasteiger partial charge in [0.05, 0.1) is 13.2 Å². The van der Waals surface area contributed by atoms with Crippen molar-refractivity contribution in [2.45, 2.75) is 69.9 Å². The number of likely N-dealkylation sites (tertiary alicyclic amines) is 1. The van der Waals surface area contributed by atoms with Gasteiger partial charge in [-0.2, -0.15) is 0 Å². The quantitative estimate of drug-likeness (QED) is 0.700. The Labute approximate surface area is 168 Å². The molecule has 1 aromatic rings. The first-order chi connectivity index (χ1) is 13.7. The summed E-state index contributed by atoms with van der Waals surface area (Å²) >= 11 is 0. The molecule has 1 atom stereocenters. The summed E-state index contributed by atoms with van der Waals surface area (Å²) in [6, 6.07) is 8.32. The normalized spacial score (nSPS) is 20.0. The molecule has 1 unspecified atom stereocenters. The van der Waals surface area contributed by atoms with Crippen molar-refractivity contribution in [2.24, 2.45) is 0 Å². The maximum atomic E-state index is 12.7. The molecule has 3 rings (SSSR count). The molecule has 1 aromatic carbocycles. The zero-order chi connectivity index (χ0) is 19.8. The highest BCUT2D eigenvalue weighted by Crippen LogP contribution is 2.33. The van der Waals surface area contributed by atoms with Crippen LogP contribution in [-0.2, 0) is 4.79 Å². The number of carbonyl (C=O) groups is 2. The zero-order valence-corrected chi connectivity index (χ0v) is 16.9. The van der Waals surface area contributed by atoms with E-state index in [1.807, 2.05) is 23.1 Å². The van der Waals surface area contributed by atoms with E-state index in [4.69, 9.17) is 4.74 Å². The van der Waals surface area contributed by atoms with Crippen molar-refractivity contribution < 1.29 is 14.3 Å². The molecule has 1 heterocycles. The minimum Gasteiger partial charge on any atom is -0.497 e. The maximum Gasteiger partial charge on any atom is 0.315 e. The SMILES string of the molecule is COc1cccc(C2CCCN2C(=O)CCCNC(=O)NC2CCCCC2)c1. The average Bonchev–Trinajstić information content (AvgIpc) is 3.22. The highest BCUT2D eigenvalue weighted by molar-refractivity contribution is 5.77. The Bertz CT molecular complexity index is 658. The molecule has 1 saturated heterocycles. The van der Waals surface area contributed by atoms with Gasteiger partial charge in [0.1, 0.15) is 5.75 Å². The number of nitrogens with zero attached hydrogens (tertiary/aromatic N) is 1. The van der Waals surface area contributed by atoms with Gasteiger partial charge in [-0.25, -0.2) is 4.79 Å². The number of rotatable bonds is 7. The van der Waals surface area contributed by atoms with Crippen LogP contribution in [0.25, 0.3) is 0 Å². The molecule has 154 valence electrons. The lowest BCUT2D eigenvalue weighted by atomic mass is 9.96. The summed E-state index contributed by atoms with van der Waals surface area (Å²) in [5.41, 5.74) is 1.13. The van der Waals surface area contributed by atoms with Gasteiger partial charge < -0.3 is 20.3 Å². The van der Waals surface area contributed by atoms with E-state index in [1.165, 1.54) is 19.3 Å². The van der Waals surface area contributed by atoms with Gasteiger partial charge >= 0.3 is 6.03 Å². The van der Waals surface area contributed by atoms with Crippen molar-refractivity contribution in [2.75, 3.05) is 20.2 Å². The number of carbonyl (C=O) groups excluding carboxylic acids is 2. The third-order valence-corrected chi connectivity index (χ3v) is 5.85. The molecule has 2 aliphatic rings. The van der Waals surface area contributed by atoms with Gasteiger partial charge in [-0.3, -0.25) is 4.79 Å². The predicted molar refractivity (Wildman–Crippen MR) is 109 cm³/mol. The van der Waals surface area contributed by atoms with E-state index in [1.54, 1.807) is 7.11 Å². The lowest BCUT2D eigenvalue weighted by Crippen LogP contribution is -2.43. The highest BCUT2D eigenvalue weighted by atomic mass is 16.5. The predicted octanol–water partition coefficient (Wildman–Crippen LogP) is 3.77. The standard InChI is InChI=1S/C22H33N3O3/c1-28-19-11-5-8-17(16-19)20-12-7-15-25(20)21(26)13-6-14-23-22(27)24-18-9-3-2-4-10-18/h5,8,11,16,18,20H,2-4,6-7,9-10,12-15H2,1H3,(H2,23,24,27). The summed E-state index contributed by atoms with van der Waals surface area (Å²) < 4.78 is 5.32. The fourth-order valence-corrected chi connectivity index (χ4v) is 4.33. The first kappa shape index (κ1) is 20.5. The molecule has 28 heavy (non-hydrogen) atoms. The number of ether oxygens (including phenoxy) is 1. The Hall–Kier alpha value is -2.24. The van der Waals surface area contributed by atoms with Gasteiger partial charge in [0.15, 0.2) is 0 Å². The number of methoxy groups -OCH3 is 1. The second kappa shape index (κ2) is 10.3. The first-order valence-electron chi connectivity index (χ1n) is 10.6. The van der Waals surface area contributed by atoms with Crippen LogP contribution in [0.1, 0.15) is 69.4 Å². The van der Waals surface area contributed by atoms with Crippen LogP contribution < -0.4 is 15.4 Å². The van der Waals surface area contributed by atoms with Gasteiger partial charge in [-0.15, -0.1) is 0 Å². The summed E-state index contributed by atoms with van der Waals surface area (Å²) in [5, 5.41) is 5.94. The lowest BCUT2D eigenvalue weighted by Gasteiger charge is -2.25. The van der Waals surface area contributed by atoms with Crippen molar-refractivity contribution in [3.8, 4) is 5.75 Å². The van der Waals surface area contributed by atoms with Crippen molar-refractivity contribution in [3.63, 3.8) is 0 Å². The molecule has 1 aliphatic carbocycles. The van der Waals surface area contributed by atoms with E-state index >= 15 is 0 Å². The molecule has 2 fully saturated rings. The second-order valence-corrected chi connectivity index (χ2v) is 7.86. The Balaban J connectivity index is 1.40. The van der Waals surface area contributed by atoms with Crippen LogP contribution in [-0.4, -0.2) is 43.1 Å². The monoisotopic (exact) mass is 387 g/mol. The molecule has 0 bridgehead atoms. The smallest absolute Gasteiger partial charge is 0.315 e. The summed E-state index contributed by atoms with van der Waals surface area (Å²) in [5.74, 6) is 0.991. The number of benzene rings is 1. The molecule has 3 amide bonds. The van der Waals surface area contributed by atoms with Crippen LogP contribution in [0, 0.1) is 0 Å². The van der Waals surface area contributed by atoms with Gasteiger partial charge in [0, 0.05) is 25.6 Å².